The third kappa shape index (κ3) is 4.28. The lowest BCUT2D eigenvalue weighted by Gasteiger charge is -2.24. The molecule has 0 aliphatic carbocycles. The predicted molar refractivity (Wildman–Crippen MR) is 68.8 cm³/mol. The lowest BCUT2D eigenvalue weighted by Crippen LogP contribution is -2.39. The normalized spacial score (nSPS) is 23.5. The fourth-order valence-corrected chi connectivity index (χ4v) is 2.80. The van der Waals surface area contributed by atoms with Gasteiger partial charge in [0.05, 0.1) is 0 Å². The van der Waals surface area contributed by atoms with E-state index in [1.165, 1.54) is 12.8 Å². The molecule has 4 nitrogen and oxygen atoms in total. The Bertz CT molecular complexity index is 233. The van der Waals surface area contributed by atoms with Crippen LogP contribution in [-0.2, 0) is 4.79 Å². The van der Waals surface area contributed by atoms with E-state index >= 15 is 0 Å². The minimum atomic E-state index is 0.254. The van der Waals surface area contributed by atoms with Crippen LogP contribution in [0.4, 0.5) is 0 Å². The number of nitrogens with one attached hydrogen (secondary N) is 3. The second-order valence-electron chi connectivity index (χ2n) is 5.30. The topological polar surface area (TPSA) is 53.2 Å². The molecule has 1 amide bonds. The summed E-state index contributed by atoms with van der Waals surface area (Å²) in [5.41, 5.74) is 0. The molecule has 0 aromatic heterocycles. The SMILES string of the molecule is O=C(NCCC1CCNCC1)C1CCNCC1. The third-order valence-corrected chi connectivity index (χ3v) is 4.02. The Morgan fingerprint density at radius 2 is 1.59 bits per heavy atom. The first-order valence-electron chi connectivity index (χ1n) is 7.05. The Kier molecular flexibility index (Phi) is 5.26. The second kappa shape index (κ2) is 6.97. The smallest absolute Gasteiger partial charge is 0.223 e. The van der Waals surface area contributed by atoms with Gasteiger partial charge in [-0.25, -0.2) is 0 Å². The van der Waals surface area contributed by atoms with Crippen molar-refractivity contribution < 1.29 is 4.79 Å². The fourth-order valence-electron chi connectivity index (χ4n) is 2.80. The summed E-state index contributed by atoms with van der Waals surface area (Å²) in [5, 5.41) is 9.77. The van der Waals surface area contributed by atoms with E-state index in [9.17, 15) is 4.79 Å². The van der Waals surface area contributed by atoms with Gasteiger partial charge in [0.1, 0.15) is 0 Å². The summed E-state index contributed by atoms with van der Waals surface area (Å²) < 4.78 is 0. The van der Waals surface area contributed by atoms with E-state index in [0.29, 0.717) is 0 Å². The van der Waals surface area contributed by atoms with Crippen LogP contribution in [0.25, 0.3) is 0 Å². The zero-order valence-electron chi connectivity index (χ0n) is 10.6. The number of rotatable bonds is 4. The lowest BCUT2D eigenvalue weighted by atomic mass is 9.94. The summed E-state index contributed by atoms with van der Waals surface area (Å²) in [6.45, 7) is 5.14. The van der Waals surface area contributed by atoms with Gasteiger partial charge in [-0.3, -0.25) is 4.79 Å². The van der Waals surface area contributed by atoms with E-state index in [2.05, 4.69) is 16.0 Å². The lowest BCUT2D eigenvalue weighted by molar-refractivity contribution is -0.125. The minimum Gasteiger partial charge on any atom is -0.356 e. The van der Waals surface area contributed by atoms with E-state index in [-0.39, 0.29) is 11.8 Å². The number of carbonyl (C=O) groups excluding carboxylic acids is 1. The van der Waals surface area contributed by atoms with Gasteiger partial charge in [0.2, 0.25) is 5.91 Å². The molecule has 98 valence electrons. The Hall–Kier alpha value is -0.610. The highest BCUT2D eigenvalue weighted by atomic mass is 16.1. The van der Waals surface area contributed by atoms with E-state index in [4.69, 9.17) is 0 Å². The monoisotopic (exact) mass is 239 g/mol. The molecule has 0 aromatic rings. The highest BCUT2D eigenvalue weighted by Crippen LogP contribution is 2.15. The van der Waals surface area contributed by atoms with E-state index in [1.54, 1.807) is 0 Å². The van der Waals surface area contributed by atoms with Crippen LogP contribution in [0.5, 0.6) is 0 Å². The van der Waals surface area contributed by atoms with Crippen LogP contribution in [0.1, 0.15) is 32.1 Å². The molecule has 3 N–H and O–H groups in total. The van der Waals surface area contributed by atoms with Crippen molar-refractivity contribution >= 4 is 5.91 Å². The first-order valence-corrected chi connectivity index (χ1v) is 7.05. The summed E-state index contributed by atoms with van der Waals surface area (Å²) >= 11 is 0. The van der Waals surface area contributed by atoms with Gasteiger partial charge in [-0.15, -0.1) is 0 Å². The van der Waals surface area contributed by atoms with Crippen LogP contribution in [0.2, 0.25) is 0 Å². The quantitative estimate of drug-likeness (QED) is 0.669. The molecule has 0 atom stereocenters. The van der Waals surface area contributed by atoms with Crippen LogP contribution in [0.15, 0.2) is 0 Å². The van der Waals surface area contributed by atoms with E-state index < -0.39 is 0 Å². The molecule has 2 saturated heterocycles. The van der Waals surface area contributed by atoms with Gasteiger partial charge in [-0.1, -0.05) is 0 Å². The summed E-state index contributed by atoms with van der Waals surface area (Å²) in [6, 6.07) is 0. The van der Waals surface area contributed by atoms with Gasteiger partial charge >= 0.3 is 0 Å². The van der Waals surface area contributed by atoms with Crippen LogP contribution in [-0.4, -0.2) is 38.6 Å². The van der Waals surface area contributed by atoms with Crippen LogP contribution < -0.4 is 16.0 Å². The maximum atomic E-state index is 11.9. The molecule has 0 unspecified atom stereocenters. The number of hydrogen-bond donors (Lipinski definition) is 3. The molecule has 0 saturated carbocycles. The summed E-state index contributed by atoms with van der Waals surface area (Å²) in [6.07, 6.45) is 5.68. The van der Waals surface area contributed by atoms with Crippen molar-refractivity contribution in [3.8, 4) is 0 Å². The zero-order chi connectivity index (χ0) is 11.9. The predicted octanol–water partition coefficient (Wildman–Crippen LogP) is 0.492. The van der Waals surface area contributed by atoms with E-state index in [0.717, 1.165) is 57.9 Å². The highest BCUT2D eigenvalue weighted by Gasteiger charge is 2.20. The molecule has 2 fully saturated rings. The van der Waals surface area contributed by atoms with Crippen LogP contribution in [0.3, 0.4) is 0 Å². The third-order valence-electron chi connectivity index (χ3n) is 4.02. The maximum absolute atomic E-state index is 11.9. The van der Waals surface area contributed by atoms with Crippen LogP contribution in [0, 0.1) is 11.8 Å². The number of amides is 1. The first-order chi connectivity index (χ1) is 8.36. The van der Waals surface area contributed by atoms with Crippen molar-refractivity contribution in [2.75, 3.05) is 32.7 Å². The number of hydrogen-bond acceptors (Lipinski definition) is 3. The van der Waals surface area contributed by atoms with Gasteiger partial charge in [0.25, 0.3) is 0 Å². The van der Waals surface area contributed by atoms with Gasteiger partial charge in [-0.2, -0.15) is 0 Å². The number of carbonyl (C=O) groups is 1. The zero-order valence-corrected chi connectivity index (χ0v) is 10.6. The molecule has 2 rings (SSSR count). The van der Waals surface area contributed by atoms with Crippen molar-refractivity contribution in [3.63, 3.8) is 0 Å². The van der Waals surface area contributed by atoms with Crippen molar-refractivity contribution in [2.45, 2.75) is 32.1 Å². The molecule has 0 bridgehead atoms. The summed E-state index contributed by atoms with van der Waals surface area (Å²) in [5.74, 6) is 1.34. The number of piperidine rings is 2. The van der Waals surface area contributed by atoms with Gasteiger partial charge < -0.3 is 16.0 Å². The fraction of sp³-hybridized carbons (Fsp3) is 0.923. The van der Waals surface area contributed by atoms with Gasteiger partial charge in [0.15, 0.2) is 0 Å². The highest BCUT2D eigenvalue weighted by molar-refractivity contribution is 5.78. The molecule has 0 spiro atoms. The molecule has 4 heteroatoms. The second-order valence-corrected chi connectivity index (χ2v) is 5.30. The molecule has 0 radical (unpaired) electrons. The van der Waals surface area contributed by atoms with Gasteiger partial charge in [0, 0.05) is 12.5 Å². The Morgan fingerprint density at radius 3 is 2.24 bits per heavy atom. The van der Waals surface area contributed by atoms with Crippen molar-refractivity contribution in [1.29, 1.82) is 0 Å². The summed E-state index contributed by atoms with van der Waals surface area (Å²) in [4.78, 5) is 11.9. The van der Waals surface area contributed by atoms with E-state index in [1.807, 2.05) is 0 Å². The molecule has 17 heavy (non-hydrogen) atoms. The minimum absolute atomic E-state index is 0.254. The molecule has 0 aromatic carbocycles. The van der Waals surface area contributed by atoms with Crippen molar-refractivity contribution in [1.82, 2.24) is 16.0 Å². The van der Waals surface area contributed by atoms with Crippen LogP contribution >= 0.6 is 0 Å². The van der Waals surface area contributed by atoms with Crippen molar-refractivity contribution in [3.05, 3.63) is 0 Å². The Morgan fingerprint density at radius 1 is 1.00 bits per heavy atom. The molecular formula is C13H25N3O. The Balaban J connectivity index is 1.58. The standard InChI is InChI=1S/C13H25N3O/c17-13(12-4-8-15-9-5-12)16-10-3-11-1-6-14-7-2-11/h11-12,14-15H,1-10H2,(H,16,17). The average molecular weight is 239 g/mol. The van der Waals surface area contributed by atoms with Gasteiger partial charge in [-0.05, 0) is 64.2 Å². The maximum Gasteiger partial charge on any atom is 0.223 e. The largest absolute Gasteiger partial charge is 0.356 e. The molecule has 2 aliphatic rings. The molecule has 2 heterocycles. The summed E-state index contributed by atoms with van der Waals surface area (Å²) in [7, 11) is 0. The molecular weight excluding hydrogens is 214 g/mol. The Labute approximate surface area is 104 Å². The average Bonchev–Trinajstić information content (AvgIpc) is 2.41. The van der Waals surface area contributed by atoms with Crippen molar-refractivity contribution in [2.24, 2.45) is 11.8 Å². The molecule has 2 aliphatic heterocycles. The first kappa shape index (κ1) is 12.8.